The molecule has 0 saturated carbocycles. The van der Waals surface area contributed by atoms with Crippen LogP contribution >= 0.6 is 44.1 Å². The van der Waals surface area contributed by atoms with E-state index in [4.69, 9.17) is 17.0 Å². The Hall–Kier alpha value is -1.51. The number of carbonyl (C=O) groups is 2. The predicted molar refractivity (Wildman–Crippen MR) is 99.0 cm³/mol. The summed E-state index contributed by atoms with van der Waals surface area (Å²) in [7, 11) is 1.55. The van der Waals surface area contributed by atoms with Crippen LogP contribution < -0.4 is 10.1 Å². The van der Waals surface area contributed by atoms with Gasteiger partial charge in [-0.15, -0.1) is 6.58 Å². The van der Waals surface area contributed by atoms with Crippen LogP contribution in [0, 0.1) is 0 Å². The lowest BCUT2D eigenvalue weighted by Gasteiger charge is -2.27. The number of nitrogens with zero attached hydrogens (tertiary/aromatic N) is 1. The fourth-order valence-electron chi connectivity index (χ4n) is 2.01. The van der Waals surface area contributed by atoms with Gasteiger partial charge in [0.05, 0.1) is 16.1 Å². The summed E-state index contributed by atoms with van der Waals surface area (Å²) in [6.45, 7) is 3.81. The number of rotatable bonds is 4. The van der Waals surface area contributed by atoms with Crippen LogP contribution in [0.25, 0.3) is 6.08 Å². The van der Waals surface area contributed by atoms with Gasteiger partial charge in [0, 0.05) is 6.54 Å². The first-order chi connectivity index (χ1) is 10.9. The Kier molecular flexibility index (Phi) is 5.72. The maximum Gasteiger partial charge on any atom is 0.265 e. The largest absolute Gasteiger partial charge is 0.494 e. The molecule has 120 valence electrons. The van der Waals surface area contributed by atoms with Crippen molar-refractivity contribution in [1.82, 2.24) is 10.2 Å². The molecular formula is C15H12Br2N2O3S. The zero-order valence-corrected chi connectivity index (χ0v) is 16.0. The van der Waals surface area contributed by atoms with Crippen LogP contribution in [0.1, 0.15) is 5.56 Å². The SMILES string of the molecule is C=CCN1C(=O)/C(=C/c2cc(Br)c(OC)c(Br)c2)C(=O)NC1=S. The second kappa shape index (κ2) is 7.37. The van der Waals surface area contributed by atoms with Crippen LogP contribution in [0.15, 0.2) is 39.3 Å². The third kappa shape index (κ3) is 3.70. The normalized spacial score (nSPS) is 16.6. The molecule has 23 heavy (non-hydrogen) atoms. The van der Waals surface area contributed by atoms with Crippen molar-refractivity contribution in [2.45, 2.75) is 0 Å². The molecule has 1 fully saturated rings. The van der Waals surface area contributed by atoms with Gasteiger partial charge in [-0.3, -0.25) is 19.8 Å². The molecule has 5 nitrogen and oxygen atoms in total. The van der Waals surface area contributed by atoms with Gasteiger partial charge in [-0.25, -0.2) is 0 Å². The zero-order chi connectivity index (χ0) is 17.1. The van der Waals surface area contributed by atoms with E-state index in [-0.39, 0.29) is 17.2 Å². The van der Waals surface area contributed by atoms with Crippen LogP contribution in [-0.2, 0) is 9.59 Å². The molecule has 1 aromatic rings. The molecule has 1 heterocycles. The molecule has 0 unspecified atom stereocenters. The van der Waals surface area contributed by atoms with E-state index >= 15 is 0 Å². The van der Waals surface area contributed by atoms with Crippen molar-refractivity contribution in [3.8, 4) is 5.75 Å². The van der Waals surface area contributed by atoms with Crippen LogP contribution in [0.2, 0.25) is 0 Å². The summed E-state index contributed by atoms with van der Waals surface area (Å²) in [5.74, 6) is -0.355. The summed E-state index contributed by atoms with van der Waals surface area (Å²) in [5, 5.41) is 2.58. The van der Waals surface area contributed by atoms with Crippen molar-refractivity contribution in [3.63, 3.8) is 0 Å². The molecule has 0 spiro atoms. The number of thiocarbonyl (C=S) groups is 1. The molecule has 0 radical (unpaired) electrons. The molecule has 0 aliphatic carbocycles. The van der Waals surface area contributed by atoms with E-state index in [0.29, 0.717) is 20.3 Å². The van der Waals surface area contributed by atoms with Crippen molar-refractivity contribution in [2.75, 3.05) is 13.7 Å². The van der Waals surface area contributed by atoms with Crippen LogP contribution in [-0.4, -0.2) is 35.5 Å². The predicted octanol–water partition coefficient (Wildman–Crippen LogP) is 3.03. The highest BCUT2D eigenvalue weighted by molar-refractivity contribution is 9.11. The maximum absolute atomic E-state index is 12.4. The van der Waals surface area contributed by atoms with Crippen LogP contribution in [0.5, 0.6) is 5.75 Å². The Labute approximate surface area is 155 Å². The summed E-state index contributed by atoms with van der Waals surface area (Å²) in [5.41, 5.74) is 0.666. The molecule has 1 saturated heterocycles. The molecule has 1 N–H and O–H groups in total. The van der Waals surface area contributed by atoms with E-state index in [1.807, 2.05) is 0 Å². The van der Waals surface area contributed by atoms with Gasteiger partial charge >= 0.3 is 0 Å². The monoisotopic (exact) mass is 458 g/mol. The summed E-state index contributed by atoms with van der Waals surface area (Å²) in [4.78, 5) is 25.8. The minimum Gasteiger partial charge on any atom is -0.494 e. The number of benzene rings is 1. The number of hydrogen-bond acceptors (Lipinski definition) is 4. The molecule has 0 bridgehead atoms. The van der Waals surface area contributed by atoms with Crippen molar-refractivity contribution in [2.24, 2.45) is 0 Å². The Morgan fingerprint density at radius 2 is 1.96 bits per heavy atom. The highest BCUT2D eigenvalue weighted by Gasteiger charge is 2.32. The van der Waals surface area contributed by atoms with E-state index in [1.54, 1.807) is 25.3 Å². The smallest absolute Gasteiger partial charge is 0.265 e. The van der Waals surface area contributed by atoms with Crippen molar-refractivity contribution in [1.29, 1.82) is 0 Å². The van der Waals surface area contributed by atoms with Crippen molar-refractivity contribution in [3.05, 3.63) is 44.9 Å². The van der Waals surface area contributed by atoms with Crippen molar-refractivity contribution < 1.29 is 14.3 Å². The lowest BCUT2D eigenvalue weighted by atomic mass is 10.1. The van der Waals surface area contributed by atoms with Crippen LogP contribution in [0.3, 0.4) is 0 Å². The van der Waals surface area contributed by atoms with E-state index < -0.39 is 11.8 Å². The highest BCUT2D eigenvalue weighted by atomic mass is 79.9. The lowest BCUT2D eigenvalue weighted by molar-refractivity contribution is -0.128. The topological polar surface area (TPSA) is 58.6 Å². The van der Waals surface area contributed by atoms with Gasteiger partial charge in [-0.1, -0.05) is 6.08 Å². The second-order valence-electron chi connectivity index (χ2n) is 4.54. The lowest BCUT2D eigenvalue weighted by Crippen LogP contribution is -2.53. The molecule has 1 aromatic carbocycles. The van der Waals surface area contributed by atoms with E-state index in [2.05, 4.69) is 43.8 Å². The van der Waals surface area contributed by atoms with E-state index in [1.165, 1.54) is 11.0 Å². The number of methoxy groups -OCH3 is 1. The number of carbonyl (C=O) groups excluding carboxylic acids is 2. The summed E-state index contributed by atoms with van der Waals surface area (Å²) in [6.07, 6.45) is 3.05. The Bertz CT molecular complexity index is 723. The summed E-state index contributed by atoms with van der Waals surface area (Å²) >= 11 is 11.8. The van der Waals surface area contributed by atoms with Gasteiger partial charge in [0.25, 0.3) is 11.8 Å². The average molecular weight is 460 g/mol. The fourth-order valence-corrected chi connectivity index (χ4v) is 3.81. The molecule has 2 amide bonds. The molecule has 1 aliphatic rings. The van der Waals surface area contributed by atoms with Gasteiger partial charge in [0.15, 0.2) is 5.11 Å². The summed E-state index contributed by atoms with van der Waals surface area (Å²) < 4.78 is 6.62. The van der Waals surface area contributed by atoms with Gasteiger partial charge in [0.1, 0.15) is 11.3 Å². The number of ether oxygens (including phenoxy) is 1. The van der Waals surface area contributed by atoms with Crippen molar-refractivity contribution >= 4 is 67.1 Å². The Balaban J connectivity index is 2.45. The Morgan fingerprint density at radius 3 is 2.48 bits per heavy atom. The highest BCUT2D eigenvalue weighted by Crippen LogP contribution is 2.35. The zero-order valence-electron chi connectivity index (χ0n) is 12.1. The standard InChI is InChI=1S/C15H12Br2N2O3S/c1-3-4-19-14(21)9(13(20)18-15(19)23)5-8-6-10(16)12(22-2)11(17)7-8/h3,5-7H,1,4H2,2H3,(H,18,20,23)/b9-5+. The number of amides is 2. The first kappa shape index (κ1) is 17.8. The first-order valence-electron chi connectivity index (χ1n) is 6.41. The molecule has 0 aromatic heterocycles. The fraction of sp³-hybridized carbons (Fsp3) is 0.133. The minimum absolute atomic E-state index is 0.00409. The van der Waals surface area contributed by atoms with Gasteiger partial charge in [-0.2, -0.15) is 0 Å². The number of nitrogens with one attached hydrogen (secondary N) is 1. The molecule has 1 aliphatic heterocycles. The maximum atomic E-state index is 12.4. The minimum atomic E-state index is -0.525. The van der Waals surface area contributed by atoms with E-state index in [0.717, 1.165) is 0 Å². The number of hydrogen-bond donors (Lipinski definition) is 1. The van der Waals surface area contributed by atoms with Gasteiger partial charge in [-0.05, 0) is 67.8 Å². The van der Waals surface area contributed by atoms with Crippen LogP contribution in [0.4, 0.5) is 0 Å². The second-order valence-corrected chi connectivity index (χ2v) is 6.63. The molecule has 2 rings (SSSR count). The molecular weight excluding hydrogens is 448 g/mol. The molecule has 8 heteroatoms. The quantitative estimate of drug-likeness (QED) is 0.325. The first-order valence-corrected chi connectivity index (χ1v) is 8.41. The Morgan fingerprint density at radius 1 is 1.35 bits per heavy atom. The summed E-state index contributed by atoms with van der Waals surface area (Å²) in [6, 6.07) is 3.50. The average Bonchev–Trinajstić information content (AvgIpc) is 2.47. The molecule has 0 atom stereocenters. The third-order valence-electron chi connectivity index (χ3n) is 3.03. The third-order valence-corrected chi connectivity index (χ3v) is 4.53. The number of halogens is 2. The van der Waals surface area contributed by atoms with Gasteiger partial charge < -0.3 is 4.74 Å². The van der Waals surface area contributed by atoms with Gasteiger partial charge in [0.2, 0.25) is 0 Å². The van der Waals surface area contributed by atoms with E-state index in [9.17, 15) is 9.59 Å².